The van der Waals surface area contributed by atoms with Crippen molar-refractivity contribution in [2.45, 2.75) is 33.3 Å². The smallest absolute Gasteiger partial charge is 0.280 e. The molecule has 0 radical (unpaired) electrons. The van der Waals surface area contributed by atoms with E-state index in [9.17, 15) is 4.39 Å². The maximum atomic E-state index is 14.1. The Hall–Kier alpha value is -3.90. The zero-order valence-corrected chi connectivity index (χ0v) is 19.2. The molecule has 2 heterocycles. The number of nitrogens with two attached hydrogens (primary N) is 1. The highest BCUT2D eigenvalue weighted by atomic mass is 32.1. The molecular weight excluding hydrogens is 441 g/mol. The Balaban J connectivity index is 1.51. The second-order valence-electron chi connectivity index (χ2n) is 7.65. The maximum Gasteiger partial charge on any atom is 0.280 e. The van der Waals surface area contributed by atoms with Gasteiger partial charge in [-0.15, -0.1) is 11.3 Å². The molecule has 0 unspecified atom stereocenters. The Morgan fingerprint density at radius 3 is 2.52 bits per heavy atom. The van der Waals surface area contributed by atoms with Gasteiger partial charge in [0.2, 0.25) is 0 Å². The van der Waals surface area contributed by atoms with Gasteiger partial charge >= 0.3 is 0 Å². The van der Waals surface area contributed by atoms with Gasteiger partial charge in [-0.2, -0.15) is 4.68 Å². The summed E-state index contributed by atoms with van der Waals surface area (Å²) in [5.41, 5.74) is 7.85. The fourth-order valence-electron chi connectivity index (χ4n) is 3.25. The standard InChI is InChI=1S/C24H22FN5O2S/c1-14(2)23-22(26)24(27-4)30(29-23)17-5-7-18(8-6-17)32-20-10-16(25)9-19(11-20)31-13-21-12-28-15(3)33-21/h5-12,14H,13,26H2,1-3H3. The van der Waals surface area contributed by atoms with Gasteiger partial charge in [0.25, 0.3) is 5.82 Å². The van der Waals surface area contributed by atoms with Gasteiger partial charge < -0.3 is 20.1 Å². The van der Waals surface area contributed by atoms with E-state index in [0.29, 0.717) is 40.9 Å². The first-order chi connectivity index (χ1) is 15.8. The van der Waals surface area contributed by atoms with E-state index in [2.05, 4.69) is 14.9 Å². The molecule has 0 aliphatic heterocycles. The van der Waals surface area contributed by atoms with Crippen LogP contribution < -0.4 is 15.2 Å². The fourth-order valence-corrected chi connectivity index (χ4v) is 3.96. The summed E-state index contributed by atoms with van der Waals surface area (Å²) in [6.45, 7) is 13.6. The molecule has 4 rings (SSSR count). The number of aryl methyl sites for hydroxylation is 1. The summed E-state index contributed by atoms with van der Waals surface area (Å²) in [5.74, 6) is 1.08. The van der Waals surface area contributed by atoms with E-state index >= 15 is 0 Å². The Morgan fingerprint density at radius 2 is 1.88 bits per heavy atom. The van der Waals surface area contributed by atoms with Crippen molar-refractivity contribution >= 4 is 22.8 Å². The third kappa shape index (κ3) is 4.96. The summed E-state index contributed by atoms with van der Waals surface area (Å²) >= 11 is 1.53. The summed E-state index contributed by atoms with van der Waals surface area (Å²) in [6.07, 6.45) is 1.75. The average Bonchev–Trinajstić information content (AvgIpc) is 3.35. The molecule has 0 amide bonds. The number of ether oxygens (including phenoxy) is 2. The SMILES string of the molecule is [C-]#[N+]c1c(N)c(C(C)C)nn1-c1ccc(Oc2cc(F)cc(OCc3cnc(C)s3)c2)cc1. The summed E-state index contributed by atoms with van der Waals surface area (Å²) in [7, 11) is 0. The molecule has 0 aliphatic carbocycles. The molecule has 0 saturated heterocycles. The Morgan fingerprint density at radius 1 is 1.15 bits per heavy atom. The van der Waals surface area contributed by atoms with Crippen molar-refractivity contribution in [2.75, 3.05) is 5.73 Å². The van der Waals surface area contributed by atoms with Gasteiger partial charge in [-0.25, -0.2) is 9.37 Å². The molecule has 4 aromatic rings. The molecule has 0 bridgehead atoms. The van der Waals surface area contributed by atoms with Crippen molar-refractivity contribution in [1.82, 2.24) is 14.8 Å². The topological polar surface area (TPSA) is 79.5 Å². The van der Waals surface area contributed by atoms with E-state index in [-0.39, 0.29) is 11.7 Å². The number of hydrogen-bond donors (Lipinski definition) is 1. The lowest BCUT2D eigenvalue weighted by atomic mass is 10.1. The normalized spacial score (nSPS) is 10.9. The zero-order valence-electron chi connectivity index (χ0n) is 18.4. The minimum Gasteiger partial charge on any atom is -0.488 e. The van der Waals surface area contributed by atoms with Crippen LogP contribution in [0.15, 0.2) is 48.7 Å². The molecule has 0 spiro atoms. The van der Waals surface area contributed by atoms with Crippen LogP contribution in [0.2, 0.25) is 0 Å². The molecule has 2 N–H and O–H groups in total. The monoisotopic (exact) mass is 463 g/mol. The molecule has 0 atom stereocenters. The molecule has 2 aromatic heterocycles. The minimum absolute atomic E-state index is 0.0962. The summed E-state index contributed by atoms with van der Waals surface area (Å²) in [6, 6.07) is 11.2. The van der Waals surface area contributed by atoms with Crippen LogP contribution in [-0.4, -0.2) is 14.8 Å². The van der Waals surface area contributed by atoms with Crippen LogP contribution in [0.25, 0.3) is 10.5 Å². The second-order valence-corrected chi connectivity index (χ2v) is 8.97. The van der Waals surface area contributed by atoms with Crippen molar-refractivity contribution in [2.24, 2.45) is 0 Å². The van der Waals surface area contributed by atoms with E-state index in [0.717, 1.165) is 9.88 Å². The third-order valence-electron chi connectivity index (χ3n) is 4.79. The summed E-state index contributed by atoms with van der Waals surface area (Å²) < 4.78 is 27.2. The van der Waals surface area contributed by atoms with E-state index in [1.165, 1.54) is 28.2 Å². The third-order valence-corrected chi connectivity index (χ3v) is 5.68. The molecule has 0 saturated carbocycles. The number of thiazole rings is 1. The lowest BCUT2D eigenvalue weighted by Gasteiger charge is -2.10. The molecular formula is C24H22FN5O2S. The lowest BCUT2D eigenvalue weighted by molar-refractivity contribution is 0.306. The molecule has 2 aromatic carbocycles. The minimum atomic E-state index is -0.463. The van der Waals surface area contributed by atoms with Gasteiger partial charge in [-0.05, 0) is 31.2 Å². The number of hydrogen-bond acceptors (Lipinski definition) is 6. The number of nitrogens with zero attached hydrogens (tertiary/aromatic N) is 4. The quantitative estimate of drug-likeness (QED) is 0.321. The first-order valence-corrected chi connectivity index (χ1v) is 11.0. The first-order valence-electron chi connectivity index (χ1n) is 10.2. The Kier molecular flexibility index (Phi) is 6.29. The number of halogens is 1. The molecule has 0 aliphatic rings. The number of anilines is 1. The molecule has 33 heavy (non-hydrogen) atoms. The molecule has 7 nitrogen and oxygen atoms in total. The average molecular weight is 464 g/mol. The van der Waals surface area contributed by atoms with Crippen LogP contribution in [0.5, 0.6) is 17.2 Å². The predicted octanol–water partition coefficient (Wildman–Crippen LogP) is 6.40. The van der Waals surface area contributed by atoms with Crippen LogP contribution in [0, 0.1) is 19.3 Å². The Labute approximate surface area is 195 Å². The highest BCUT2D eigenvalue weighted by Crippen LogP contribution is 2.34. The number of rotatable bonds is 7. The summed E-state index contributed by atoms with van der Waals surface area (Å²) in [4.78, 5) is 8.67. The van der Waals surface area contributed by atoms with Crippen molar-refractivity contribution in [3.05, 3.63) is 81.5 Å². The van der Waals surface area contributed by atoms with Crippen molar-refractivity contribution in [3.8, 4) is 22.9 Å². The van der Waals surface area contributed by atoms with Crippen molar-refractivity contribution in [1.29, 1.82) is 0 Å². The molecule has 168 valence electrons. The number of nitrogen functional groups attached to an aromatic ring is 1. The van der Waals surface area contributed by atoms with Crippen LogP contribution in [0.4, 0.5) is 15.9 Å². The van der Waals surface area contributed by atoms with Crippen LogP contribution >= 0.6 is 11.3 Å². The van der Waals surface area contributed by atoms with E-state index in [1.54, 1.807) is 36.5 Å². The van der Waals surface area contributed by atoms with Gasteiger partial charge in [-0.3, -0.25) is 0 Å². The summed E-state index contributed by atoms with van der Waals surface area (Å²) in [5, 5.41) is 5.45. The number of benzene rings is 2. The van der Waals surface area contributed by atoms with Gasteiger partial charge in [0.05, 0.1) is 21.3 Å². The Bertz CT molecular complexity index is 1320. The second kappa shape index (κ2) is 9.30. The molecule has 0 fully saturated rings. The zero-order chi connectivity index (χ0) is 23.5. The highest BCUT2D eigenvalue weighted by molar-refractivity contribution is 7.11. The lowest BCUT2D eigenvalue weighted by Crippen LogP contribution is -1.98. The fraction of sp³-hybridized carbons (Fsp3) is 0.208. The van der Waals surface area contributed by atoms with Crippen molar-refractivity contribution in [3.63, 3.8) is 0 Å². The largest absolute Gasteiger partial charge is 0.488 e. The van der Waals surface area contributed by atoms with E-state index < -0.39 is 5.82 Å². The van der Waals surface area contributed by atoms with Gasteiger partial charge in [0.1, 0.15) is 35.4 Å². The van der Waals surface area contributed by atoms with Gasteiger partial charge in [0, 0.05) is 30.3 Å². The first kappa shape index (κ1) is 22.3. The maximum absolute atomic E-state index is 14.1. The van der Waals surface area contributed by atoms with Crippen molar-refractivity contribution < 1.29 is 13.9 Å². The van der Waals surface area contributed by atoms with E-state index in [4.69, 9.17) is 21.8 Å². The number of aromatic nitrogens is 3. The van der Waals surface area contributed by atoms with Crippen LogP contribution in [0.1, 0.15) is 35.3 Å². The van der Waals surface area contributed by atoms with Gasteiger partial charge in [-0.1, -0.05) is 25.5 Å². The molecule has 9 heteroatoms. The van der Waals surface area contributed by atoms with E-state index in [1.807, 2.05) is 20.8 Å². The van der Waals surface area contributed by atoms with Gasteiger partial charge in [0.15, 0.2) is 0 Å². The van der Waals surface area contributed by atoms with Crippen LogP contribution in [-0.2, 0) is 6.61 Å². The van der Waals surface area contributed by atoms with Crippen LogP contribution in [0.3, 0.4) is 0 Å². The highest BCUT2D eigenvalue weighted by Gasteiger charge is 2.20. The predicted molar refractivity (Wildman–Crippen MR) is 126 cm³/mol.